The SMILES string of the molecule is C=CCn1c(C)c(C)c2ccnc(NCc3cccc(C)c3)c21.Cl. The van der Waals surface area contributed by atoms with Crippen LogP contribution < -0.4 is 5.32 Å². The van der Waals surface area contributed by atoms with E-state index >= 15 is 0 Å². The van der Waals surface area contributed by atoms with Crippen molar-refractivity contribution in [3.05, 3.63) is 71.6 Å². The first-order valence-electron chi connectivity index (χ1n) is 7.96. The van der Waals surface area contributed by atoms with Crippen LogP contribution in [0, 0.1) is 20.8 Å². The largest absolute Gasteiger partial charge is 0.364 e. The number of allylic oxidation sites excluding steroid dienone is 1. The number of nitrogens with one attached hydrogen (secondary N) is 1. The number of anilines is 1. The predicted molar refractivity (Wildman–Crippen MR) is 105 cm³/mol. The molecule has 0 saturated heterocycles. The van der Waals surface area contributed by atoms with Crippen LogP contribution in [-0.4, -0.2) is 9.55 Å². The van der Waals surface area contributed by atoms with E-state index in [9.17, 15) is 0 Å². The molecule has 24 heavy (non-hydrogen) atoms. The molecule has 0 unspecified atom stereocenters. The van der Waals surface area contributed by atoms with Gasteiger partial charge in [0.15, 0.2) is 5.82 Å². The van der Waals surface area contributed by atoms with Gasteiger partial charge in [0, 0.05) is 30.4 Å². The van der Waals surface area contributed by atoms with Gasteiger partial charge in [0.25, 0.3) is 0 Å². The van der Waals surface area contributed by atoms with Gasteiger partial charge in [-0.3, -0.25) is 0 Å². The van der Waals surface area contributed by atoms with Crippen LogP contribution in [0.15, 0.2) is 49.2 Å². The summed E-state index contributed by atoms with van der Waals surface area (Å²) >= 11 is 0. The number of hydrogen-bond acceptors (Lipinski definition) is 2. The van der Waals surface area contributed by atoms with Gasteiger partial charge in [0.05, 0.1) is 5.52 Å². The number of nitrogens with zero attached hydrogens (tertiary/aromatic N) is 2. The van der Waals surface area contributed by atoms with Gasteiger partial charge in [-0.2, -0.15) is 0 Å². The van der Waals surface area contributed by atoms with Crippen LogP contribution in [0.4, 0.5) is 5.82 Å². The van der Waals surface area contributed by atoms with E-state index in [4.69, 9.17) is 0 Å². The maximum Gasteiger partial charge on any atom is 0.150 e. The molecule has 0 spiro atoms. The summed E-state index contributed by atoms with van der Waals surface area (Å²) in [5.74, 6) is 0.932. The lowest BCUT2D eigenvalue weighted by atomic mass is 10.1. The van der Waals surface area contributed by atoms with Crippen molar-refractivity contribution in [1.82, 2.24) is 9.55 Å². The average Bonchev–Trinajstić information content (AvgIpc) is 2.79. The van der Waals surface area contributed by atoms with Gasteiger partial charge < -0.3 is 9.88 Å². The highest BCUT2D eigenvalue weighted by molar-refractivity contribution is 5.93. The zero-order chi connectivity index (χ0) is 16.4. The fourth-order valence-electron chi connectivity index (χ4n) is 3.09. The third-order valence-electron chi connectivity index (χ3n) is 4.40. The maximum atomic E-state index is 4.58. The first-order valence-corrected chi connectivity index (χ1v) is 7.96. The summed E-state index contributed by atoms with van der Waals surface area (Å²) < 4.78 is 2.28. The van der Waals surface area contributed by atoms with Crippen molar-refractivity contribution in [1.29, 1.82) is 0 Å². The normalized spacial score (nSPS) is 10.5. The monoisotopic (exact) mass is 341 g/mol. The van der Waals surface area contributed by atoms with Crippen molar-refractivity contribution in [3.63, 3.8) is 0 Å². The summed E-state index contributed by atoms with van der Waals surface area (Å²) in [6.45, 7) is 11.9. The van der Waals surface area contributed by atoms with Crippen molar-refractivity contribution < 1.29 is 0 Å². The summed E-state index contributed by atoms with van der Waals surface area (Å²) in [5.41, 5.74) is 6.28. The van der Waals surface area contributed by atoms with Crippen LogP contribution in [0.2, 0.25) is 0 Å². The number of halogens is 1. The molecule has 0 atom stereocenters. The number of rotatable bonds is 5. The van der Waals surface area contributed by atoms with Gasteiger partial charge in [0.2, 0.25) is 0 Å². The first-order chi connectivity index (χ1) is 11.1. The Balaban J connectivity index is 0.00000208. The first kappa shape index (κ1) is 18.1. The lowest BCUT2D eigenvalue weighted by molar-refractivity contribution is 0.822. The lowest BCUT2D eigenvalue weighted by Gasteiger charge is -2.11. The number of aromatic nitrogens is 2. The average molecular weight is 342 g/mol. The van der Waals surface area contributed by atoms with Crippen molar-refractivity contribution in [3.8, 4) is 0 Å². The van der Waals surface area contributed by atoms with Gasteiger partial charge in [-0.1, -0.05) is 35.9 Å². The van der Waals surface area contributed by atoms with Gasteiger partial charge in [-0.05, 0) is 38.0 Å². The molecular formula is C20H24ClN3. The Labute approximate surface area is 149 Å². The maximum absolute atomic E-state index is 4.58. The second-order valence-electron chi connectivity index (χ2n) is 6.01. The molecule has 4 heteroatoms. The van der Waals surface area contributed by atoms with E-state index in [1.165, 1.54) is 27.8 Å². The highest BCUT2D eigenvalue weighted by atomic mass is 35.5. The smallest absolute Gasteiger partial charge is 0.150 e. The Morgan fingerprint density at radius 3 is 2.71 bits per heavy atom. The fraction of sp³-hybridized carbons (Fsp3) is 0.250. The van der Waals surface area contributed by atoms with Gasteiger partial charge in [-0.25, -0.2) is 4.98 Å². The summed E-state index contributed by atoms with van der Waals surface area (Å²) in [6, 6.07) is 10.6. The van der Waals surface area contributed by atoms with Gasteiger partial charge in [0.1, 0.15) is 0 Å². The number of fused-ring (bicyclic) bond motifs is 1. The fourth-order valence-corrected chi connectivity index (χ4v) is 3.09. The van der Waals surface area contributed by atoms with Crippen molar-refractivity contribution in [2.45, 2.75) is 33.9 Å². The molecule has 2 heterocycles. The summed E-state index contributed by atoms with van der Waals surface area (Å²) in [5, 5.41) is 4.76. The standard InChI is InChI=1S/C20H23N3.ClH/c1-5-11-23-16(4)15(3)18-9-10-21-20(19(18)23)22-13-17-8-6-7-14(2)12-17;/h5-10,12H,1,11,13H2,2-4H3,(H,21,22);1H. The molecule has 126 valence electrons. The van der Waals surface area contributed by atoms with Crippen LogP contribution >= 0.6 is 12.4 Å². The third-order valence-corrected chi connectivity index (χ3v) is 4.40. The molecule has 0 aliphatic heterocycles. The molecule has 0 aliphatic carbocycles. The van der Waals surface area contributed by atoms with Gasteiger partial charge >= 0.3 is 0 Å². The highest BCUT2D eigenvalue weighted by Crippen LogP contribution is 2.29. The predicted octanol–water partition coefficient (Wildman–Crippen LogP) is 5.18. The summed E-state index contributed by atoms with van der Waals surface area (Å²) in [6.07, 6.45) is 3.81. The minimum Gasteiger partial charge on any atom is -0.364 e. The summed E-state index contributed by atoms with van der Waals surface area (Å²) in [4.78, 5) is 4.58. The van der Waals surface area contributed by atoms with Crippen LogP contribution in [0.1, 0.15) is 22.4 Å². The topological polar surface area (TPSA) is 29.9 Å². The molecule has 0 aliphatic rings. The van der Waals surface area contributed by atoms with Crippen molar-refractivity contribution in [2.75, 3.05) is 5.32 Å². The van der Waals surface area contributed by atoms with Crippen LogP contribution in [-0.2, 0) is 13.1 Å². The van der Waals surface area contributed by atoms with E-state index in [0.29, 0.717) is 0 Å². The molecule has 0 amide bonds. The molecule has 1 N–H and O–H groups in total. The van der Waals surface area contributed by atoms with Crippen molar-refractivity contribution >= 4 is 29.1 Å². The van der Waals surface area contributed by atoms with Crippen molar-refractivity contribution in [2.24, 2.45) is 0 Å². The van der Waals surface area contributed by atoms with Crippen LogP contribution in [0.3, 0.4) is 0 Å². The van der Waals surface area contributed by atoms with E-state index in [-0.39, 0.29) is 12.4 Å². The van der Waals surface area contributed by atoms with E-state index in [2.05, 4.69) is 72.5 Å². The summed E-state index contributed by atoms with van der Waals surface area (Å²) in [7, 11) is 0. The zero-order valence-corrected chi connectivity index (χ0v) is 15.3. The Hall–Kier alpha value is -2.26. The molecule has 2 aromatic heterocycles. The van der Waals surface area contributed by atoms with E-state index < -0.39 is 0 Å². The molecule has 0 saturated carbocycles. The number of hydrogen-bond donors (Lipinski definition) is 1. The quantitative estimate of drug-likeness (QED) is 0.648. The number of benzene rings is 1. The minimum atomic E-state index is 0. The molecule has 0 bridgehead atoms. The molecule has 3 aromatic rings. The zero-order valence-electron chi connectivity index (χ0n) is 14.5. The van der Waals surface area contributed by atoms with Gasteiger partial charge in [-0.15, -0.1) is 19.0 Å². The Kier molecular flexibility index (Phi) is 5.68. The Bertz CT molecular complexity index is 865. The van der Waals surface area contributed by atoms with E-state index in [1.54, 1.807) is 0 Å². The van der Waals surface area contributed by atoms with E-state index in [1.807, 2.05) is 12.3 Å². The minimum absolute atomic E-state index is 0. The van der Waals surface area contributed by atoms with Crippen LogP contribution in [0.25, 0.3) is 10.9 Å². The second kappa shape index (κ2) is 7.54. The molecular weight excluding hydrogens is 318 g/mol. The third kappa shape index (κ3) is 3.31. The van der Waals surface area contributed by atoms with Crippen LogP contribution in [0.5, 0.6) is 0 Å². The Morgan fingerprint density at radius 2 is 2.00 bits per heavy atom. The molecule has 0 fully saturated rings. The number of pyridine rings is 1. The lowest BCUT2D eigenvalue weighted by Crippen LogP contribution is -2.05. The number of aryl methyl sites for hydroxylation is 2. The molecule has 1 aromatic carbocycles. The second-order valence-corrected chi connectivity index (χ2v) is 6.01. The highest BCUT2D eigenvalue weighted by Gasteiger charge is 2.14. The Morgan fingerprint density at radius 1 is 1.21 bits per heavy atom. The molecule has 0 radical (unpaired) electrons. The van der Waals surface area contributed by atoms with E-state index in [0.717, 1.165) is 24.4 Å². The molecule has 3 rings (SSSR count). The molecule has 3 nitrogen and oxygen atoms in total.